The van der Waals surface area contributed by atoms with Gasteiger partial charge in [0.1, 0.15) is 5.60 Å². The zero-order chi connectivity index (χ0) is 13.5. The Morgan fingerprint density at radius 3 is 2.35 bits per heavy atom. The molecule has 0 bridgehead atoms. The van der Waals surface area contributed by atoms with Gasteiger partial charge in [0, 0.05) is 13.2 Å². The molecule has 2 N–H and O–H groups in total. The van der Waals surface area contributed by atoms with Crippen molar-refractivity contribution in [1.82, 2.24) is 0 Å². The van der Waals surface area contributed by atoms with E-state index in [1.54, 1.807) is 26.8 Å². The summed E-state index contributed by atoms with van der Waals surface area (Å²) in [6.07, 6.45) is 2.49. The number of rotatable bonds is 7. The number of aliphatic hydroxyl groups is 2. The molecule has 0 spiro atoms. The van der Waals surface area contributed by atoms with Crippen molar-refractivity contribution in [2.75, 3.05) is 13.2 Å². The van der Waals surface area contributed by atoms with Crippen molar-refractivity contribution < 1.29 is 19.7 Å². The molecular weight excluding hydrogens is 220 g/mol. The van der Waals surface area contributed by atoms with Crippen LogP contribution in [-0.4, -0.2) is 35.0 Å². The molecule has 0 radical (unpaired) electrons. The average molecular weight is 244 g/mol. The van der Waals surface area contributed by atoms with Gasteiger partial charge in [-0.05, 0) is 39.5 Å². The van der Waals surface area contributed by atoms with E-state index >= 15 is 0 Å². The third-order valence-electron chi connectivity index (χ3n) is 2.42. The van der Waals surface area contributed by atoms with Gasteiger partial charge in [0.2, 0.25) is 0 Å². The highest BCUT2D eigenvalue weighted by atomic mass is 16.6. The first-order valence-corrected chi connectivity index (χ1v) is 5.91. The maximum absolute atomic E-state index is 11.9. The van der Waals surface area contributed by atoms with Crippen LogP contribution in [0.4, 0.5) is 0 Å². The largest absolute Gasteiger partial charge is 0.460 e. The van der Waals surface area contributed by atoms with Crippen molar-refractivity contribution in [3.63, 3.8) is 0 Å². The van der Waals surface area contributed by atoms with Gasteiger partial charge < -0.3 is 14.9 Å². The number of hydrogen-bond donors (Lipinski definition) is 2. The molecule has 0 unspecified atom stereocenters. The summed E-state index contributed by atoms with van der Waals surface area (Å²) in [4.78, 5) is 11.9. The topological polar surface area (TPSA) is 66.8 Å². The Kier molecular flexibility index (Phi) is 7.07. The van der Waals surface area contributed by atoms with Gasteiger partial charge in [-0.25, -0.2) is 0 Å². The lowest BCUT2D eigenvalue weighted by molar-refractivity contribution is -0.163. The van der Waals surface area contributed by atoms with E-state index in [4.69, 9.17) is 9.84 Å². The van der Waals surface area contributed by atoms with Gasteiger partial charge in [0.05, 0.1) is 5.92 Å². The highest BCUT2D eigenvalue weighted by Crippen LogP contribution is 2.23. The molecule has 0 aliphatic heterocycles. The summed E-state index contributed by atoms with van der Waals surface area (Å²) in [5.74, 6) is -1.09. The van der Waals surface area contributed by atoms with Gasteiger partial charge in [-0.15, -0.1) is 6.58 Å². The van der Waals surface area contributed by atoms with Crippen molar-refractivity contribution in [1.29, 1.82) is 0 Å². The van der Waals surface area contributed by atoms with E-state index in [9.17, 15) is 9.90 Å². The van der Waals surface area contributed by atoms with Crippen LogP contribution in [0.2, 0.25) is 0 Å². The molecule has 4 nitrogen and oxygen atoms in total. The summed E-state index contributed by atoms with van der Waals surface area (Å²) >= 11 is 0. The second-order valence-corrected chi connectivity index (χ2v) is 5.12. The normalized spacial score (nSPS) is 15.1. The van der Waals surface area contributed by atoms with Crippen LogP contribution < -0.4 is 0 Å². The number of hydrogen-bond acceptors (Lipinski definition) is 4. The molecular formula is C13H24O4. The Morgan fingerprint density at radius 2 is 2.00 bits per heavy atom. The predicted molar refractivity (Wildman–Crippen MR) is 66.4 cm³/mol. The molecule has 4 heteroatoms. The van der Waals surface area contributed by atoms with Crippen molar-refractivity contribution in [2.45, 2.75) is 39.2 Å². The van der Waals surface area contributed by atoms with E-state index in [1.165, 1.54) is 0 Å². The van der Waals surface area contributed by atoms with Crippen LogP contribution in [-0.2, 0) is 9.53 Å². The summed E-state index contributed by atoms with van der Waals surface area (Å²) < 4.78 is 5.29. The number of allylic oxidation sites excluding steroid dienone is 1. The zero-order valence-corrected chi connectivity index (χ0v) is 11.0. The number of esters is 1. The number of carbonyl (C=O) groups excluding carboxylic acids is 1. The first-order valence-electron chi connectivity index (χ1n) is 5.91. The van der Waals surface area contributed by atoms with E-state index in [-0.39, 0.29) is 25.1 Å². The fraction of sp³-hybridized carbons (Fsp3) is 0.769. The van der Waals surface area contributed by atoms with Crippen LogP contribution in [0.5, 0.6) is 0 Å². The number of aliphatic hydroxyl groups excluding tert-OH is 2. The third kappa shape index (κ3) is 6.44. The van der Waals surface area contributed by atoms with Crippen LogP contribution in [0.15, 0.2) is 12.7 Å². The Morgan fingerprint density at radius 1 is 1.41 bits per heavy atom. The highest BCUT2D eigenvalue weighted by Gasteiger charge is 2.30. The van der Waals surface area contributed by atoms with E-state index < -0.39 is 11.5 Å². The van der Waals surface area contributed by atoms with Crippen LogP contribution in [0, 0.1) is 11.8 Å². The molecule has 0 aliphatic carbocycles. The standard InChI is InChI=1S/C13H24O4/c1-5-6-10(9-15)11(7-8-14)12(16)17-13(2,3)4/h5,10-11,14-15H,1,6-9H2,2-4H3/t10-,11-/m0/s1. The van der Waals surface area contributed by atoms with Gasteiger partial charge in [-0.2, -0.15) is 0 Å². The lowest BCUT2D eigenvalue weighted by Gasteiger charge is -2.27. The van der Waals surface area contributed by atoms with Crippen LogP contribution in [0.1, 0.15) is 33.6 Å². The van der Waals surface area contributed by atoms with Gasteiger partial charge in [-0.1, -0.05) is 6.08 Å². The van der Waals surface area contributed by atoms with Crippen LogP contribution in [0.3, 0.4) is 0 Å². The highest BCUT2D eigenvalue weighted by molar-refractivity contribution is 5.73. The second-order valence-electron chi connectivity index (χ2n) is 5.12. The van der Waals surface area contributed by atoms with Crippen molar-refractivity contribution in [3.8, 4) is 0 Å². The fourth-order valence-electron chi connectivity index (χ4n) is 1.64. The van der Waals surface area contributed by atoms with Gasteiger partial charge in [0.15, 0.2) is 0 Å². The monoisotopic (exact) mass is 244 g/mol. The van der Waals surface area contributed by atoms with Gasteiger partial charge in [-0.3, -0.25) is 4.79 Å². The Bertz CT molecular complexity index is 242. The molecule has 2 atom stereocenters. The van der Waals surface area contributed by atoms with Crippen molar-refractivity contribution in [3.05, 3.63) is 12.7 Å². The molecule has 0 heterocycles. The molecule has 0 aliphatic rings. The molecule has 17 heavy (non-hydrogen) atoms. The molecule has 0 aromatic heterocycles. The Balaban J connectivity index is 4.69. The first-order chi connectivity index (χ1) is 7.85. The second kappa shape index (κ2) is 7.45. The zero-order valence-electron chi connectivity index (χ0n) is 11.0. The summed E-state index contributed by atoms with van der Waals surface area (Å²) in [6.45, 7) is 8.77. The minimum atomic E-state index is -0.557. The smallest absolute Gasteiger partial charge is 0.309 e. The number of carbonyl (C=O) groups is 1. The maximum atomic E-state index is 11.9. The SMILES string of the molecule is C=CC[C@@H](CO)[C@H](CCO)C(=O)OC(C)(C)C. The van der Waals surface area contributed by atoms with Gasteiger partial charge >= 0.3 is 5.97 Å². The fourth-order valence-corrected chi connectivity index (χ4v) is 1.64. The molecule has 0 saturated carbocycles. The molecule has 0 rings (SSSR count). The quantitative estimate of drug-likeness (QED) is 0.526. The number of ether oxygens (including phenoxy) is 1. The maximum Gasteiger partial charge on any atom is 0.309 e. The summed E-state index contributed by atoms with van der Waals surface area (Å²) in [6, 6.07) is 0. The van der Waals surface area contributed by atoms with E-state index in [2.05, 4.69) is 6.58 Å². The minimum Gasteiger partial charge on any atom is -0.460 e. The summed E-state index contributed by atoms with van der Waals surface area (Å²) in [7, 11) is 0. The van der Waals surface area contributed by atoms with E-state index in [0.717, 1.165) is 0 Å². The lowest BCUT2D eigenvalue weighted by atomic mass is 9.87. The van der Waals surface area contributed by atoms with Crippen LogP contribution >= 0.6 is 0 Å². The summed E-state index contributed by atoms with van der Waals surface area (Å²) in [5, 5.41) is 18.2. The minimum absolute atomic E-state index is 0.0997. The lowest BCUT2D eigenvalue weighted by Crippen LogP contribution is -2.34. The molecule has 0 saturated heterocycles. The van der Waals surface area contributed by atoms with Gasteiger partial charge in [0.25, 0.3) is 0 Å². The Labute approximate surface area is 103 Å². The predicted octanol–water partition coefficient (Wildman–Crippen LogP) is 1.51. The molecule has 0 fully saturated rings. The van der Waals surface area contributed by atoms with Crippen LogP contribution in [0.25, 0.3) is 0 Å². The van der Waals surface area contributed by atoms with Crippen molar-refractivity contribution in [2.24, 2.45) is 11.8 Å². The Hall–Kier alpha value is -0.870. The van der Waals surface area contributed by atoms with E-state index in [1.807, 2.05) is 0 Å². The third-order valence-corrected chi connectivity index (χ3v) is 2.42. The van der Waals surface area contributed by atoms with Crippen molar-refractivity contribution >= 4 is 5.97 Å². The summed E-state index contributed by atoms with van der Waals surface area (Å²) in [5.41, 5.74) is -0.557. The average Bonchev–Trinajstić information content (AvgIpc) is 2.20. The molecule has 0 amide bonds. The first kappa shape index (κ1) is 16.1. The molecule has 0 aromatic carbocycles. The van der Waals surface area contributed by atoms with E-state index in [0.29, 0.717) is 12.8 Å². The molecule has 0 aromatic rings. The molecule has 100 valence electrons.